The van der Waals surface area contributed by atoms with Crippen LogP contribution in [0.2, 0.25) is 0 Å². The first-order valence-corrected chi connectivity index (χ1v) is 4.34. The normalized spacial score (nSPS) is 19.1. The fourth-order valence-electron chi connectivity index (χ4n) is 1.12. The maximum atomic E-state index is 12.8. The third kappa shape index (κ3) is 3.55. The molecule has 0 spiro atoms. The van der Waals surface area contributed by atoms with Gasteiger partial charge in [-0.15, -0.1) is 0 Å². The van der Waals surface area contributed by atoms with Gasteiger partial charge in [0.1, 0.15) is 6.61 Å². The zero-order valence-corrected chi connectivity index (χ0v) is 7.98. The predicted octanol–water partition coefficient (Wildman–Crippen LogP) is 0.223. The molecular formula is C8H14F2N2O2. The molecule has 0 bridgehead atoms. The maximum Gasteiger partial charge on any atom is 0.348 e. The quantitative estimate of drug-likeness (QED) is 0.635. The third-order valence-corrected chi connectivity index (χ3v) is 2.05. The van der Waals surface area contributed by atoms with Crippen molar-refractivity contribution in [2.75, 3.05) is 13.7 Å². The van der Waals surface area contributed by atoms with Crippen LogP contribution in [0, 0.1) is 0 Å². The molecular weight excluding hydrogens is 194 g/mol. The molecule has 1 aliphatic rings. The second kappa shape index (κ2) is 3.78. The van der Waals surface area contributed by atoms with Gasteiger partial charge in [-0.1, -0.05) is 0 Å². The Hall–Kier alpha value is -0.750. The highest BCUT2D eigenvalue weighted by atomic mass is 19.3. The first-order valence-electron chi connectivity index (χ1n) is 4.34. The van der Waals surface area contributed by atoms with Crippen LogP contribution in [-0.2, 0) is 9.53 Å². The second-order valence-corrected chi connectivity index (χ2v) is 3.72. The summed E-state index contributed by atoms with van der Waals surface area (Å²) in [6, 6.07) is -3.31. The van der Waals surface area contributed by atoms with E-state index in [0.717, 1.165) is 20.0 Å². The van der Waals surface area contributed by atoms with Crippen molar-refractivity contribution in [2.45, 2.75) is 30.8 Å². The minimum atomic E-state index is -3.31. The number of rotatable bonds is 5. The van der Waals surface area contributed by atoms with Gasteiger partial charge in [-0.3, -0.25) is 10.1 Å². The molecule has 0 radical (unpaired) electrons. The number of carbonyl (C=O) groups excluding carboxylic acids is 1. The molecule has 0 aromatic carbocycles. The molecule has 1 saturated carbocycles. The largest absolute Gasteiger partial charge is 0.376 e. The van der Waals surface area contributed by atoms with Crippen molar-refractivity contribution < 1.29 is 18.3 Å². The number of halogens is 2. The summed E-state index contributed by atoms with van der Waals surface area (Å²) in [6.45, 7) is -0.823. The Balaban J connectivity index is 2.32. The number of nitrogens with two attached hydrogens (primary N) is 1. The minimum Gasteiger partial charge on any atom is -0.376 e. The standard InChI is InChI=1S/C8H14F2N2O2/c1-14-5-8(9,10)12-6(13)4-7(11)2-3-7/h2-5,11H2,1H3,(H,12,13). The summed E-state index contributed by atoms with van der Waals surface area (Å²) in [7, 11) is 1.14. The number of hydrogen-bond acceptors (Lipinski definition) is 3. The zero-order valence-electron chi connectivity index (χ0n) is 7.98. The number of nitrogens with one attached hydrogen (secondary N) is 1. The van der Waals surface area contributed by atoms with Crippen LogP contribution < -0.4 is 11.1 Å². The molecule has 14 heavy (non-hydrogen) atoms. The second-order valence-electron chi connectivity index (χ2n) is 3.72. The van der Waals surface area contributed by atoms with Crippen LogP contribution in [-0.4, -0.2) is 31.2 Å². The van der Waals surface area contributed by atoms with Gasteiger partial charge in [0.05, 0.1) is 0 Å². The van der Waals surface area contributed by atoms with Gasteiger partial charge < -0.3 is 10.5 Å². The fraction of sp³-hybridized carbons (Fsp3) is 0.875. The number of alkyl halides is 2. The van der Waals surface area contributed by atoms with Crippen molar-refractivity contribution in [1.82, 2.24) is 5.32 Å². The van der Waals surface area contributed by atoms with Crippen molar-refractivity contribution >= 4 is 5.91 Å². The smallest absolute Gasteiger partial charge is 0.348 e. The summed E-state index contributed by atoms with van der Waals surface area (Å²) in [5, 5.41) is 1.58. The van der Waals surface area contributed by atoms with Gasteiger partial charge in [0.2, 0.25) is 5.91 Å². The lowest BCUT2D eigenvalue weighted by atomic mass is 10.2. The van der Waals surface area contributed by atoms with E-state index in [4.69, 9.17) is 5.73 Å². The lowest BCUT2D eigenvalue weighted by molar-refractivity contribution is -0.140. The molecule has 0 aromatic heterocycles. The third-order valence-electron chi connectivity index (χ3n) is 2.05. The van der Waals surface area contributed by atoms with Crippen LogP contribution in [0.1, 0.15) is 19.3 Å². The summed E-state index contributed by atoms with van der Waals surface area (Å²) in [4.78, 5) is 11.1. The van der Waals surface area contributed by atoms with E-state index < -0.39 is 24.1 Å². The van der Waals surface area contributed by atoms with Crippen molar-refractivity contribution in [3.05, 3.63) is 0 Å². The lowest BCUT2D eigenvalue weighted by Crippen LogP contribution is -2.46. The zero-order chi connectivity index (χ0) is 10.8. The summed E-state index contributed by atoms with van der Waals surface area (Å²) in [5.74, 6) is -0.730. The molecule has 0 aliphatic heterocycles. The highest BCUT2D eigenvalue weighted by Crippen LogP contribution is 2.35. The predicted molar refractivity (Wildman–Crippen MR) is 45.7 cm³/mol. The molecule has 82 valence electrons. The lowest BCUT2D eigenvalue weighted by Gasteiger charge is -2.17. The first kappa shape index (κ1) is 11.3. The molecule has 1 aliphatic carbocycles. The highest BCUT2D eigenvalue weighted by molar-refractivity contribution is 5.78. The van der Waals surface area contributed by atoms with Crippen LogP contribution in [0.4, 0.5) is 8.78 Å². The number of amides is 1. The Labute approximate surface area is 80.8 Å². The van der Waals surface area contributed by atoms with Gasteiger partial charge in [-0.05, 0) is 12.8 Å². The van der Waals surface area contributed by atoms with Crippen LogP contribution in [0.25, 0.3) is 0 Å². The summed E-state index contributed by atoms with van der Waals surface area (Å²) in [5.41, 5.74) is 5.05. The Morgan fingerprint density at radius 1 is 1.64 bits per heavy atom. The van der Waals surface area contributed by atoms with Crippen LogP contribution in [0.5, 0.6) is 0 Å². The van der Waals surface area contributed by atoms with Crippen molar-refractivity contribution in [3.8, 4) is 0 Å². The molecule has 1 fully saturated rings. The molecule has 0 aromatic rings. The van der Waals surface area contributed by atoms with Gasteiger partial charge in [-0.2, -0.15) is 8.78 Å². The minimum absolute atomic E-state index is 0.0493. The van der Waals surface area contributed by atoms with E-state index in [9.17, 15) is 13.6 Å². The molecule has 4 nitrogen and oxygen atoms in total. The van der Waals surface area contributed by atoms with Gasteiger partial charge in [-0.25, -0.2) is 0 Å². The average molecular weight is 208 g/mol. The van der Waals surface area contributed by atoms with E-state index in [1.807, 2.05) is 0 Å². The molecule has 1 amide bonds. The Morgan fingerprint density at radius 2 is 2.21 bits per heavy atom. The summed E-state index contributed by atoms with van der Waals surface area (Å²) >= 11 is 0. The van der Waals surface area contributed by atoms with Crippen LogP contribution >= 0.6 is 0 Å². The Morgan fingerprint density at radius 3 is 2.64 bits per heavy atom. The SMILES string of the molecule is COCC(F)(F)NC(=O)CC1(N)CC1. The number of hydrogen-bond donors (Lipinski definition) is 2. The Bertz CT molecular complexity index is 229. The molecule has 3 N–H and O–H groups in total. The molecule has 0 atom stereocenters. The highest BCUT2D eigenvalue weighted by Gasteiger charge is 2.42. The van der Waals surface area contributed by atoms with E-state index >= 15 is 0 Å². The van der Waals surface area contributed by atoms with E-state index in [0.29, 0.717) is 0 Å². The molecule has 0 saturated heterocycles. The van der Waals surface area contributed by atoms with E-state index in [1.165, 1.54) is 0 Å². The molecule has 0 heterocycles. The first-order chi connectivity index (χ1) is 6.37. The number of ether oxygens (including phenoxy) is 1. The monoisotopic (exact) mass is 208 g/mol. The average Bonchev–Trinajstić information content (AvgIpc) is 2.64. The molecule has 1 rings (SSSR count). The van der Waals surface area contributed by atoms with Gasteiger partial charge in [0.25, 0.3) is 0 Å². The Kier molecular flexibility index (Phi) is 3.06. The maximum absolute atomic E-state index is 12.8. The molecule has 0 unspecified atom stereocenters. The van der Waals surface area contributed by atoms with Crippen LogP contribution in [0.3, 0.4) is 0 Å². The van der Waals surface area contributed by atoms with Gasteiger partial charge in [0.15, 0.2) is 0 Å². The van der Waals surface area contributed by atoms with Crippen molar-refractivity contribution in [3.63, 3.8) is 0 Å². The number of methoxy groups -OCH3 is 1. The molecule has 6 heteroatoms. The van der Waals surface area contributed by atoms with E-state index in [1.54, 1.807) is 5.32 Å². The van der Waals surface area contributed by atoms with Gasteiger partial charge in [0, 0.05) is 19.1 Å². The number of carbonyl (C=O) groups is 1. The summed E-state index contributed by atoms with van der Waals surface area (Å²) < 4.78 is 29.8. The van der Waals surface area contributed by atoms with Crippen LogP contribution in [0.15, 0.2) is 0 Å². The fourth-order valence-corrected chi connectivity index (χ4v) is 1.12. The topological polar surface area (TPSA) is 64.3 Å². The van der Waals surface area contributed by atoms with Crippen molar-refractivity contribution in [2.24, 2.45) is 5.73 Å². The van der Waals surface area contributed by atoms with E-state index in [2.05, 4.69) is 4.74 Å². The van der Waals surface area contributed by atoms with Crippen molar-refractivity contribution in [1.29, 1.82) is 0 Å². The van der Waals surface area contributed by atoms with Gasteiger partial charge >= 0.3 is 6.05 Å². The van der Waals surface area contributed by atoms with E-state index in [-0.39, 0.29) is 6.42 Å². The summed E-state index contributed by atoms with van der Waals surface area (Å²) in [6.07, 6.45) is 1.39.